The predicted octanol–water partition coefficient (Wildman–Crippen LogP) is 4.35. The Balaban J connectivity index is 2.85. The lowest BCUT2D eigenvalue weighted by Gasteiger charge is -2.14. The van der Waals surface area contributed by atoms with Crippen molar-refractivity contribution >= 4 is 32.5 Å². The summed E-state index contributed by atoms with van der Waals surface area (Å²) in [5, 5.41) is 4.64. The largest absolute Gasteiger partial charge is 0.385 e. The Morgan fingerprint density at radius 1 is 1.24 bits per heavy atom. The zero-order valence-corrected chi connectivity index (χ0v) is 12.3. The van der Waals surface area contributed by atoms with Crippen LogP contribution in [0.3, 0.4) is 0 Å². The number of benzene rings is 1. The van der Waals surface area contributed by atoms with Crippen LogP contribution in [-0.2, 0) is 0 Å². The molecule has 0 aliphatic carbocycles. The van der Waals surface area contributed by atoms with E-state index in [9.17, 15) is 0 Å². The average Bonchev–Trinajstić information content (AvgIpc) is 2.25. The molecule has 2 nitrogen and oxygen atoms in total. The van der Waals surface area contributed by atoms with Crippen molar-refractivity contribution in [3.63, 3.8) is 0 Å². The summed E-state index contributed by atoms with van der Waals surface area (Å²) in [7, 11) is 0. The topological polar surface area (TPSA) is 24.9 Å². The van der Waals surface area contributed by atoms with Crippen LogP contribution >= 0.6 is 15.9 Å². The highest BCUT2D eigenvalue weighted by atomic mass is 79.9. The van der Waals surface area contributed by atoms with E-state index in [0.717, 1.165) is 17.8 Å². The first-order chi connectivity index (χ1) is 8.04. The van der Waals surface area contributed by atoms with E-state index in [4.69, 9.17) is 0 Å². The van der Waals surface area contributed by atoms with Crippen molar-refractivity contribution in [1.82, 2.24) is 4.98 Å². The third-order valence-corrected chi connectivity index (χ3v) is 4.17. The second-order valence-corrected chi connectivity index (χ2v) is 5.16. The fraction of sp³-hybridized carbons (Fsp3) is 0.357. The van der Waals surface area contributed by atoms with Crippen LogP contribution in [0, 0.1) is 20.8 Å². The van der Waals surface area contributed by atoms with Crippen LogP contribution in [0.2, 0.25) is 0 Å². The van der Waals surface area contributed by atoms with Crippen molar-refractivity contribution in [2.75, 3.05) is 11.9 Å². The molecule has 0 saturated carbocycles. The van der Waals surface area contributed by atoms with Gasteiger partial charge in [0.1, 0.15) is 0 Å². The maximum absolute atomic E-state index is 4.62. The Hall–Kier alpha value is -1.09. The minimum atomic E-state index is 0.920. The molecule has 0 aliphatic heterocycles. The van der Waals surface area contributed by atoms with E-state index in [1.54, 1.807) is 0 Å². The highest BCUT2D eigenvalue weighted by molar-refractivity contribution is 9.10. The summed E-state index contributed by atoms with van der Waals surface area (Å²) in [4.78, 5) is 4.62. The molecule has 0 fully saturated rings. The van der Waals surface area contributed by atoms with Crippen LogP contribution in [0.25, 0.3) is 10.9 Å². The molecule has 0 radical (unpaired) electrons. The molecule has 1 aromatic carbocycles. The molecule has 0 unspecified atom stereocenters. The van der Waals surface area contributed by atoms with Crippen LogP contribution in [0.4, 0.5) is 5.69 Å². The van der Waals surface area contributed by atoms with E-state index < -0.39 is 0 Å². The summed E-state index contributed by atoms with van der Waals surface area (Å²) in [6.45, 7) is 9.31. The van der Waals surface area contributed by atoms with Gasteiger partial charge in [0.15, 0.2) is 0 Å². The first kappa shape index (κ1) is 12.4. The molecule has 0 bridgehead atoms. The number of nitrogens with one attached hydrogen (secondary N) is 1. The number of hydrogen-bond donors (Lipinski definition) is 1. The van der Waals surface area contributed by atoms with E-state index in [1.165, 1.54) is 26.7 Å². The molecule has 3 heteroatoms. The second-order valence-electron chi connectivity index (χ2n) is 4.37. The fourth-order valence-corrected chi connectivity index (χ4v) is 2.51. The van der Waals surface area contributed by atoms with Gasteiger partial charge >= 0.3 is 0 Å². The lowest BCUT2D eigenvalue weighted by Crippen LogP contribution is -2.01. The zero-order chi connectivity index (χ0) is 12.6. The number of halogens is 1. The van der Waals surface area contributed by atoms with Crippen molar-refractivity contribution in [3.05, 3.63) is 33.4 Å². The van der Waals surface area contributed by atoms with Gasteiger partial charge < -0.3 is 5.32 Å². The van der Waals surface area contributed by atoms with Gasteiger partial charge in [-0.1, -0.05) is 15.9 Å². The van der Waals surface area contributed by atoms with Gasteiger partial charge in [-0.15, -0.1) is 0 Å². The third kappa shape index (κ3) is 2.16. The molecule has 2 rings (SSSR count). The van der Waals surface area contributed by atoms with Gasteiger partial charge in [-0.05, 0) is 51.0 Å². The third-order valence-electron chi connectivity index (χ3n) is 2.95. The van der Waals surface area contributed by atoms with Crippen molar-refractivity contribution in [3.8, 4) is 0 Å². The molecule has 2 aromatic rings. The predicted molar refractivity (Wildman–Crippen MR) is 77.8 cm³/mol. The SMILES string of the molecule is CCNc1cc(C)nc2cc(C)c(Br)c(C)c12. The quantitative estimate of drug-likeness (QED) is 0.890. The van der Waals surface area contributed by atoms with Gasteiger partial charge in [0, 0.05) is 27.8 Å². The minimum Gasteiger partial charge on any atom is -0.385 e. The molecule has 17 heavy (non-hydrogen) atoms. The van der Waals surface area contributed by atoms with Gasteiger partial charge in [-0.25, -0.2) is 0 Å². The van der Waals surface area contributed by atoms with Crippen molar-refractivity contribution in [2.45, 2.75) is 27.7 Å². The van der Waals surface area contributed by atoms with Crippen LogP contribution in [0.1, 0.15) is 23.7 Å². The molecular weight excluding hydrogens is 276 g/mol. The maximum Gasteiger partial charge on any atom is 0.0732 e. The highest BCUT2D eigenvalue weighted by Crippen LogP contribution is 2.33. The highest BCUT2D eigenvalue weighted by Gasteiger charge is 2.10. The van der Waals surface area contributed by atoms with E-state index in [1.807, 2.05) is 6.92 Å². The van der Waals surface area contributed by atoms with Crippen LogP contribution in [-0.4, -0.2) is 11.5 Å². The van der Waals surface area contributed by atoms with Crippen LogP contribution in [0.5, 0.6) is 0 Å². The molecular formula is C14H17BrN2. The number of pyridine rings is 1. The maximum atomic E-state index is 4.62. The summed E-state index contributed by atoms with van der Waals surface area (Å²) in [5.41, 5.74) is 5.78. The van der Waals surface area contributed by atoms with Crippen LogP contribution < -0.4 is 5.32 Å². The Morgan fingerprint density at radius 2 is 1.94 bits per heavy atom. The zero-order valence-electron chi connectivity index (χ0n) is 10.7. The molecule has 1 N–H and O–H groups in total. The summed E-state index contributed by atoms with van der Waals surface area (Å²) in [6.07, 6.45) is 0. The van der Waals surface area contributed by atoms with Gasteiger partial charge in [0.05, 0.1) is 5.52 Å². The van der Waals surface area contributed by atoms with Gasteiger partial charge in [-0.2, -0.15) is 0 Å². The molecule has 0 saturated heterocycles. The van der Waals surface area contributed by atoms with Gasteiger partial charge in [0.25, 0.3) is 0 Å². The fourth-order valence-electron chi connectivity index (χ4n) is 2.20. The summed E-state index contributed by atoms with van der Waals surface area (Å²) < 4.78 is 1.18. The summed E-state index contributed by atoms with van der Waals surface area (Å²) in [5.74, 6) is 0. The first-order valence-electron chi connectivity index (χ1n) is 5.85. The monoisotopic (exact) mass is 292 g/mol. The average molecular weight is 293 g/mol. The van der Waals surface area contributed by atoms with E-state index in [2.05, 4.69) is 59.1 Å². The molecule has 0 aliphatic rings. The number of nitrogens with zero attached hydrogens (tertiary/aromatic N) is 1. The number of hydrogen-bond acceptors (Lipinski definition) is 2. The molecule has 0 amide bonds. The minimum absolute atomic E-state index is 0.920. The normalized spacial score (nSPS) is 10.9. The number of aromatic nitrogens is 1. The second kappa shape index (κ2) is 4.65. The Kier molecular flexibility index (Phi) is 3.38. The standard InChI is InChI=1S/C14H17BrN2/c1-5-16-11-7-9(3)17-12-6-8(2)14(15)10(4)13(11)12/h6-7H,5H2,1-4H3,(H,16,17). The smallest absolute Gasteiger partial charge is 0.0732 e. The van der Waals surface area contributed by atoms with Crippen LogP contribution in [0.15, 0.2) is 16.6 Å². The van der Waals surface area contributed by atoms with Gasteiger partial charge in [0.2, 0.25) is 0 Å². The number of aryl methyl sites for hydroxylation is 3. The summed E-state index contributed by atoms with van der Waals surface area (Å²) in [6, 6.07) is 4.25. The molecule has 0 spiro atoms. The molecule has 1 heterocycles. The van der Waals surface area contributed by atoms with E-state index >= 15 is 0 Å². The van der Waals surface area contributed by atoms with Crippen molar-refractivity contribution in [2.24, 2.45) is 0 Å². The number of fused-ring (bicyclic) bond motifs is 1. The molecule has 90 valence electrons. The Bertz CT molecular complexity index is 576. The number of rotatable bonds is 2. The Morgan fingerprint density at radius 3 is 2.59 bits per heavy atom. The van der Waals surface area contributed by atoms with E-state index in [0.29, 0.717) is 0 Å². The lowest BCUT2D eigenvalue weighted by atomic mass is 10.0. The summed E-state index contributed by atoms with van der Waals surface area (Å²) >= 11 is 3.65. The molecule has 1 aromatic heterocycles. The van der Waals surface area contributed by atoms with Gasteiger partial charge in [-0.3, -0.25) is 4.98 Å². The first-order valence-corrected chi connectivity index (χ1v) is 6.64. The van der Waals surface area contributed by atoms with E-state index in [-0.39, 0.29) is 0 Å². The van der Waals surface area contributed by atoms with Crippen molar-refractivity contribution in [1.29, 1.82) is 0 Å². The Labute approximate surface area is 111 Å². The lowest BCUT2D eigenvalue weighted by molar-refractivity contribution is 1.19. The van der Waals surface area contributed by atoms with Crippen molar-refractivity contribution < 1.29 is 0 Å². The number of anilines is 1. The molecule has 0 atom stereocenters.